The predicted molar refractivity (Wildman–Crippen MR) is 88.5 cm³/mol. The van der Waals surface area contributed by atoms with E-state index in [1.165, 1.54) is 12.8 Å². The first kappa shape index (κ1) is 16.0. The zero-order chi connectivity index (χ0) is 15.1. The Morgan fingerprint density at radius 3 is 2.76 bits per heavy atom. The minimum atomic E-state index is 0.741. The topological polar surface area (TPSA) is 36.9 Å². The fourth-order valence-corrected chi connectivity index (χ4v) is 2.76. The third kappa shape index (κ3) is 4.53. The fraction of sp³-hybridized carbons (Fsp3) is 0.562. The van der Waals surface area contributed by atoms with Gasteiger partial charge in [-0.3, -0.25) is 4.99 Å². The van der Waals surface area contributed by atoms with Gasteiger partial charge in [-0.25, -0.2) is 0 Å². The van der Waals surface area contributed by atoms with Crippen molar-refractivity contribution in [3.05, 3.63) is 28.8 Å². The highest BCUT2D eigenvalue weighted by molar-refractivity contribution is 6.31. The summed E-state index contributed by atoms with van der Waals surface area (Å²) in [5.41, 5.74) is 1.11. The molecular weight excluding hydrogens is 286 g/mol. The van der Waals surface area contributed by atoms with E-state index in [4.69, 9.17) is 21.3 Å². The first-order chi connectivity index (χ1) is 10.2. The zero-order valence-corrected chi connectivity index (χ0v) is 13.6. The first-order valence-electron chi connectivity index (χ1n) is 7.60. The maximum Gasteiger partial charge on any atom is 0.193 e. The average molecular weight is 310 g/mol. The molecule has 0 saturated carbocycles. The van der Waals surface area contributed by atoms with Crippen LogP contribution in [0.3, 0.4) is 0 Å². The molecule has 5 heteroatoms. The molecule has 0 aromatic heterocycles. The van der Waals surface area contributed by atoms with Crippen LogP contribution >= 0.6 is 11.6 Å². The van der Waals surface area contributed by atoms with Gasteiger partial charge in [-0.2, -0.15) is 0 Å². The van der Waals surface area contributed by atoms with Crippen molar-refractivity contribution in [2.24, 2.45) is 4.99 Å². The van der Waals surface area contributed by atoms with E-state index < -0.39 is 0 Å². The van der Waals surface area contributed by atoms with E-state index >= 15 is 0 Å². The first-order valence-corrected chi connectivity index (χ1v) is 7.98. The maximum absolute atomic E-state index is 6.26. The number of benzene rings is 1. The van der Waals surface area contributed by atoms with Crippen molar-refractivity contribution in [3.63, 3.8) is 0 Å². The fourth-order valence-electron chi connectivity index (χ4n) is 2.49. The standard InChI is InChI=1S/C16H24ClN3O/c1-3-18-16(20-10-4-5-11-20)19-9-8-13-6-7-14(21-2)12-15(13)17/h6-7,12H,3-5,8-11H2,1-2H3,(H,18,19). The van der Waals surface area contributed by atoms with Gasteiger partial charge in [0, 0.05) is 31.2 Å². The highest BCUT2D eigenvalue weighted by atomic mass is 35.5. The Balaban J connectivity index is 1.95. The van der Waals surface area contributed by atoms with E-state index in [0.717, 1.165) is 54.9 Å². The van der Waals surface area contributed by atoms with Crippen molar-refractivity contribution >= 4 is 17.6 Å². The third-order valence-corrected chi connectivity index (χ3v) is 4.00. The number of guanidine groups is 1. The van der Waals surface area contributed by atoms with Crippen LogP contribution in [-0.2, 0) is 6.42 Å². The molecule has 1 aromatic carbocycles. The number of nitrogens with one attached hydrogen (secondary N) is 1. The second kappa shape index (κ2) is 8.13. The van der Waals surface area contributed by atoms with Crippen LogP contribution in [0.1, 0.15) is 25.3 Å². The minimum Gasteiger partial charge on any atom is -0.497 e. The molecule has 116 valence electrons. The van der Waals surface area contributed by atoms with Crippen molar-refractivity contribution in [2.75, 3.05) is 33.3 Å². The average Bonchev–Trinajstić information content (AvgIpc) is 3.02. The van der Waals surface area contributed by atoms with Gasteiger partial charge in [0.15, 0.2) is 5.96 Å². The van der Waals surface area contributed by atoms with Gasteiger partial charge in [0.2, 0.25) is 0 Å². The van der Waals surface area contributed by atoms with E-state index in [0.29, 0.717) is 0 Å². The summed E-state index contributed by atoms with van der Waals surface area (Å²) in [5.74, 6) is 1.82. The van der Waals surface area contributed by atoms with E-state index in [1.54, 1.807) is 7.11 Å². The molecule has 0 radical (unpaired) electrons. The highest BCUT2D eigenvalue weighted by Gasteiger charge is 2.15. The molecule has 21 heavy (non-hydrogen) atoms. The monoisotopic (exact) mass is 309 g/mol. The van der Waals surface area contributed by atoms with Gasteiger partial charge in [0.05, 0.1) is 7.11 Å². The number of likely N-dealkylation sites (tertiary alicyclic amines) is 1. The Hall–Kier alpha value is -1.42. The molecule has 4 nitrogen and oxygen atoms in total. The van der Waals surface area contributed by atoms with Crippen LogP contribution in [0.4, 0.5) is 0 Å². The summed E-state index contributed by atoms with van der Waals surface area (Å²) in [6.45, 7) is 5.96. The Morgan fingerprint density at radius 2 is 2.14 bits per heavy atom. The second-order valence-electron chi connectivity index (χ2n) is 5.14. The van der Waals surface area contributed by atoms with Crippen LogP contribution in [-0.4, -0.2) is 44.1 Å². The van der Waals surface area contributed by atoms with Gasteiger partial charge in [-0.05, 0) is 43.9 Å². The predicted octanol–water partition coefficient (Wildman–Crippen LogP) is 2.95. The largest absolute Gasteiger partial charge is 0.497 e. The quantitative estimate of drug-likeness (QED) is 0.671. The zero-order valence-electron chi connectivity index (χ0n) is 12.9. The van der Waals surface area contributed by atoms with E-state index in [1.807, 2.05) is 18.2 Å². The Morgan fingerprint density at radius 1 is 1.38 bits per heavy atom. The molecule has 2 rings (SSSR count). The van der Waals surface area contributed by atoms with Crippen LogP contribution < -0.4 is 10.1 Å². The summed E-state index contributed by atoms with van der Waals surface area (Å²) in [6.07, 6.45) is 3.36. The smallest absolute Gasteiger partial charge is 0.193 e. The summed E-state index contributed by atoms with van der Waals surface area (Å²) in [4.78, 5) is 7.05. The molecule has 1 fully saturated rings. The molecule has 1 aliphatic heterocycles. The van der Waals surface area contributed by atoms with Gasteiger partial charge >= 0.3 is 0 Å². The summed E-state index contributed by atoms with van der Waals surface area (Å²) in [6, 6.07) is 5.81. The SMILES string of the molecule is CCNC(=NCCc1ccc(OC)cc1Cl)N1CCCC1. The number of hydrogen-bond acceptors (Lipinski definition) is 2. The molecule has 1 aromatic rings. The summed E-state index contributed by atoms with van der Waals surface area (Å²) < 4.78 is 5.16. The lowest BCUT2D eigenvalue weighted by atomic mass is 10.1. The normalized spacial score (nSPS) is 15.4. The summed E-state index contributed by atoms with van der Waals surface area (Å²) in [7, 11) is 1.65. The number of rotatable bonds is 5. The third-order valence-electron chi connectivity index (χ3n) is 3.64. The van der Waals surface area contributed by atoms with Crippen molar-refractivity contribution in [2.45, 2.75) is 26.2 Å². The summed E-state index contributed by atoms with van der Waals surface area (Å²) in [5, 5.41) is 4.11. The summed E-state index contributed by atoms with van der Waals surface area (Å²) >= 11 is 6.26. The lowest BCUT2D eigenvalue weighted by Gasteiger charge is -2.20. The highest BCUT2D eigenvalue weighted by Crippen LogP contribution is 2.22. The Bertz CT molecular complexity index is 484. The van der Waals surface area contributed by atoms with Crippen LogP contribution in [0, 0.1) is 0 Å². The molecule has 1 saturated heterocycles. The van der Waals surface area contributed by atoms with Crippen molar-refractivity contribution < 1.29 is 4.74 Å². The van der Waals surface area contributed by atoms with Crippen molar-refractivity contribution in [3.8, 4) is 5.75 Å². The molecule has 0 aliphatic carbocycles. The van der Waals surface area contributed by atoms with Crippen LogP contribution in [0.15, 0.2) is 23.2 Å². The lowest BCUT2D eigenvalue weighted by molar-refractivity contribution is 0.414. The second-order valence-corrected chi connectivity index (χ2v) is 5.54. The van der Waals surface area contributed by atoms with Crippen LogP contribution in [0.5, 0.6) is 5.75 Å². The number of hydrogen-bond donors (Lipinski definition) is 1. The molecular formula is C16H24ClN3O. The van der Waals surface area contributed by atoms with Crippen LogP contribution in [0.25, 0.3) is 0 Å². The number of ether oxygens (including phenoxy) is 1. The number of nitrogens with zero attached hydrogens (tertiary/aromatic N) is 2. The van der Waals surface area contributed by atoms with E-state index in [2.05, 4.69) is 17.1 Å². The van der Waals surface area contributed by atoms with Gasteiger partial charge in [0.25, 0.3) is 0 Å². The Labute approximate surface area is 132 Å². The molecule has 0 atom stereocenters. The van der Waals surface area contributed by atoms with Gasteiger partial charge in [-0.15, -0.1) is 0 Å². The van der Waals surface area contributed by atoms with Gasteiger partial charge < -0.3 is 15.0 Å². The number of halogens is 1. The molecule has 0 bridgehead atoms. The van der Waals surface area contributed by atoms with Crippen molar-refractivity contribution in [1.29, 1.82) is 0 Å². The molecule has 1 heterocycles. The minimum absolute atomic E-state index is 0.741. The molecule has 1 aliphatic rings. The van der Waals surface area contributed by atoms with Gasteiger partial charge in [-0.1, -0.05) is 17.7 Å². The van der Waals surface area contributed by atoms with E-state index in [9.17, 15) is 0 Å². The molecule has 0 amide bonds. The molecule has 1 N–H and O–H groups in total. The number of aliphatic imine (C=N–C) groups is 1. The van der Waals surface area contributed by atoms with Crippen LogP contribution in [0.2, 0.25) is 5.02 Å². The molecule has 0 unspecified atom stereocenters. The molecule has 0 spiro atoms. The lowest BCUT2D eigenvalue weighted by Crippen LogP contribution is -2.39. The Kier molecular flexibility index (Phi) is 6.18. The number of methoxy groups -OCH3 is 1. The van der Waals surface area contributed by atoms with Gasteiger partial charge in [0.1, 0.15) is 5.75 Å². The van der Waals surface area contributed by atoms with E-state index in [-0.39, 0.29) is 0 Å². The maximum atomic E-state index is 6.26. The van der Waals surface area contributed by atoms with Crippen molar-refractivity contribution in [1.82, 2.24) is 10.2 Å².